The lowest BCUT2D eigenvalue weighted by Crippen LogP contribution is -2.47. The number of benzene rings is 1. The van der Waals surface area contributed by atoms with Crippen LogP contribution in [0, 0.1) is 0 Å². The summed E-state index contributed by atoms with van der Waals surface area (Å²) in [6.07, 6.45) is 2.08. The predicted molar refractivity (Wildman–Crippen MR) is 72.4 cm³/mol. The van der Waals surface area contributed by atoms with E-state index in [1.165, 1.54) is 18.2 Å². The lowest BCUT2D eigenvalue weighted by atomic mass is 10.2. The van der Waals surface area contributed by atoms with Crippen LogP contribution in [0.15, 0.2) is 24.3 Å². The van der Waals surface area contributed by atoms with Crippen molar-refractivity contribution in [3.05, 3.63) is 29.8 Å². The summed E-state index contributed by atoms with van der Waals surface area (Å²) in [5.41, 5.74) is 4.83. The third-order valence-electron chi connectivity index (χ3n) is 2.55. The van der Waals surface area contributed by atoms with Gasteiger partial charge in [-0.15, -0.1) is 0 Å². The first-order valence-corrected chi connectivity index (χ1v) is 6.38. The van der Waals surface area contributed by atoms with Gasteiger partial charge in [-0.05, 0) is 37.2 Å². The van der Waals surface area contributed by atoms with Crippen LogP contribution in [0.25, 0.3) is 0 Å². The second-order valence-corrected chi connectivity index (χ2v) is 4.61. The third-order valence-corrected chi connectivity index (χ3v) is 2.77. The highest BCUT2D eigenvalue weighted by Crippen LogP contribution is 2.20. The Kier molecular flexibility index (Phi) is 4.67. The molecule has 0 spiro atoms. The van der Waals surface area contributed by atoms with E-state index in [0.717, 1.165) is 12.8 Å². The first-order valence-electron chi connectivity index (χ1n) is 5.97. The number of carbonyl (C=O) groups is 1. The number of rotatable bonds is 4. The fourth-order valence-electron chi connectivity index (χ4n) is 1.48. The number of para-hydroxylation sites is 1. The molecule has 0 aromatic heterocycles. The Morgan fingerprint density at radius 3 is 2.65 bits per heavy atom. The van der Waals surface area contributed by atoms with Crippen molar-refractivity contribution in [2.75, 3.05) is 0 Å². The van der Waals surface area contributed by atoms with Crippen molar-refractivity contribution < 1.29 is 18.3 Å². The van der Waals surface area contributed by atoms with Gasteiger partial charge in [0, 0.05) is 6.04 Å². The van der Waals surface area contributed by atoms with Crippen LogP contribution in [0.4, 0.5) is 8.78 Å². The van der Waals surface area contributed by atoms with E-state index in [2.05, 4.69) is 20.9 Å². The van der Waals surface area contributed by atoms with Crippen molar-refractivity contribution in [2.45, 2.75) is 25.5 Å². The molecule has 2 rings (SSSR count). The van der Waals surface area contributed by atoms with Crippen molar-refractivity contribution in [1.29, 1.82) is 0 Å². The molecule has 0 aliphatic heterocycles. The highest BCUT2D eigenvalue weighted by Gasteiger charge is 2.22. The van der Waals surface area contributed by atoms with E-state index in [0.29, 0.717) is 6.04 Å². The van der Waals surface area contributed by atoms with E-state index in [4.69, 9.17) is 12.2 Å². The van der Waals surface area contributed by atoms with Crippen molar-refractivity contribution in [1.82, 2.24) is 16.2 Å². The average Bonchev–Trinajstić information content (AvgIpc) is 3.20. The van der Waals surface area contributed by atoms with Gasteiger partial charge in [0.1, 0.15) is 5.75 Å². The van der Waals surface area contributed by atoms with Gasteiger partial charge < -0.3 is 10.1 Å². The monoisotopic (exact) mass is 301 g/mol. The summed E-state index contributed by atoms with van der Waals surface area (Å²) in [7, 11) is 0. The van der Waals surface area contributed by atoms with Crippen molar-refractivity contribution >= 4 is 23.2 Å². The summed E-state index contributed by atoms with van der Waals surface area (Å²) in [5.74, 6) is -0.802. The molecule has 3 N–H and O–H groups in total. The molecule has 1 aromatic rings. The largest absolute Gasteiger partial charge is 0.434 e. The van der Waals surface area contributed by atoms with Crippen LogP contribution in [0.5, 0.6) is 5.75 Å². The zero-order chi connectivity index (χ0) is 14.5. The SMILES string of the molecule is O=C(NNC(=S)NC1CC1)c1ccccc1OC(F)F. The highest BCUT2D eigenvalue weighted by molar-refractivity contribution is 7.80. The number of carbonyl (C=O) groups excluding carboxylic acids is 1. The fraction of sp³-hybridized carbons (Fsp3) is 0.333. The molecule has 1 aromatic carbocycles. The molecule has 20 heavy (non-hydrogen) atoms. The van der Waals surface area contributed by atoms with Crippen LogP contribution in [-0.2, 0) is 0 Å². The molecule has 0 bridgehead atoms. The molecule has 1 aliphatic rings. The number of hydrogen-bond donors (Lipinski definition) is 3. The van der Waals surface area contributed by atoms with Gasteiger partial charge in [-0.2, -0.15) is 8.78 Å². The van der Waals surface area contributed by atoms with Gasteiger partial charge in [-0.25, -0.2) is 0 Å². The van der Waals surface area contributed by atoms with Gasteiger partial charge in [0.05, 0.1) is 5.56 Å². The Balaban J connectivity index is 1.92. The van der Waals surface area contributed by atoms with Crippen molar-refractivity contribution in [3.8, 4) is 5.75 Å². The number of halogens is 2. The van der Waals surface area contributed by atoms with Crippen LogP contribution in [0.3, 0.4) is 0 Å². The minimum atomic E-state index is -2.99. The maximum Gasteiger partial charge on any atom is 0.387 e. The molecule has 1 aliphatic carbocycles. The first-order chi connectivity index (χ1) is 9.56. The summed E-state index contributed by atoms with van der Waals surface area (Å²) < 4.78 is 28.7. The van der Waals surface area contributed by atoms with Gasteiger partial charge in [0.2, 0.25) is 0 Å². The van der Waals surface area contributed by atoms with Crippen molar-refractivity contribution in [3.63, 3.8) is 0 Å². The molecule has 0 unspecified atom stereocenters. The maximum absolute atomic E-state index is 12.2. The maximum atomic E-state index is 12.2. The summed E-state index contributed by atoms with van der Waals surface area (Å²) in [4.78, 5) is 11.9. The second-order valence-electron chi connectivity index (χ2n) is 4.20. The Hall–Kier alpha value is -1.96. The zero-order valence-corrected chi connectivity index (χ0v) is 11.2. The summed E-state index contributed by atoms with van der Waals surface area (Å²) in [6.45, 7) is -2.99. The van der Waals surface area contributed by atoms with Gasteiger partial charge in [0.15, 0.2) is 5.11 Å². The van der Waals surface area contributed by atoms with E-state index in [1.54, 1.807) is 6.07 Å². The molecule has 108 valence electrons. The standard InChI is InChI=1S/C12H13F2N3O2S/c13-11(14)19-9-4-2-1-3-8(9)10(18)16-17-12(20)15-7-5-6-7/h1-4,7,11H,5-6H2,(H,16,18)(H2,15,17,20). The molecular formula is C12H13F2N3O2S. The smallest absolute Gasteiger partial charge is 0.387 e. The minimum absolute atomic E-state index is 0.00507. The topological polar surface area (TPSA) is 62.4 Å². The van der Waals surface area contributed by atoms with Crippen LogP contribution in [0.1, 0.15) is 23.2 Å². The molecule has 8 heteroatoms. The lowest BCUT2D eigenvalue weighted by Gasteiger charge is -2.13. The van der Waals surface area contributed by atoms with Gasteiger partial charge >= 0.3 is 6.61 Å². The summed E-state index contributed by atoms with van der Waals surface area (Å²) in [5, 5.41) is 3.25. The number of nitrogens with one attached hydrogen (secondary N) is 3. The predicted octanol–water partition coefficient (Wildman–Crippen LogP) is 1.56. The second kappa shape index (κ2) is 6.47. The Morgan fingerprint density at radius 1 is 1.30 bits per heavy atom. The minimum Gasteiger partial charge on any atom is -0.434 e. The molecule has 1 amide bonds. The molecular weight excluding hydrogens is 288 g/mol. The van der Waals surface area contributed by atoms with E-state index in [1.807, 2.05) is 0 Å². The van der Waals surface area contributed by atoms with E-state index in [9.17, 15) is 13.6 Å². The average molecular weight is 301 g/mol. The van der Waals surface area contributed by atoms with Crippen LogP contribution in [0.2, 0.25) is 0 Å². The summed E-state index contributed by atoms with van der Waals surface area (Å²) in [6, 6.07) is 6.07. The van der Waals surface area contributed by atoms with Crippen LogP contribution < -0.4 is 20.9 Å². The normalized spacial score (nSPS) is 13.8. The van der Waals surface area contributed by atoms with E-state index in [-0.39, 0.29) is 16.4 Å². The molecule has 0 heterocycles. The lowest BCUT2D eigenvalue weighted by molar-refractivity contribution is -0.0501. The van der Waals surface area contributed by atoms with Crippen molar-refractivity contribution in [2.24, 2.45) is 0 Å². The number of hydrogen-bond acceptors (Lipinski definition) is 3. The third kappa shape index (κ3) is 4.30. The van der Waals surface area contributed by atoms with Gasteiger partial charge in [-0.1, -0.05) is 12.1 Å². The zero-order valence-electron chi connectivity index (χ0n) is 10.4. The molecule has 0 saturated heterocycles. The Labute approximate surface area is 119 Å². The number of ether oxygens (including phenoxy) is 1. The number of thiocarbonyl (C=S) groups is 1. The molecule has 0 atom stereocenters. The van der Waals surface area contributed by atoms with Gasteiger partial charge in [-0.3, -0.25) is 15.6 Å². The first kappa shape index (κ1) is 14.4. The molecule has 1 saturated carbocycles. The number of alkyl halides is 2. The van der Waals surface area contributed by atoms with Crippen LogP contribution >= 0.6 is 12.2 Å². The Morgan fingerprint density at radius 2 is 2.00 bits per heavy atom. The Bertz CT molecular complexity index is 509. The summed E-state index contributed by atoms with van der Waals surface area (Å²) >= 11 is 4.95. The van der Waals surface area contributed by atoms with E-state index < -0.39 is 12.5 Å². The molecule has 0 radical (unpaired) electrons. The van der Waals surface area contributed by atoms with Gasteiger partial charge in [0.25, 0.3) is 5.91 Å². The van der Waals surface area contributed by atoms with Crippen LogP contribution in [-0.4, -0.2) is 23.7 Å². The quantitative estimate of drug-likeness (QED) is 0.582. The molecule has 5 nitrogen and oxygen atoms in total. The van der Waals surface area contributed by atoms with E-state index >= 15 is 0 Å². The fourth-order valence-corrected chi connectivity index (χ4v) is 1.70. The highest BCUT2D eigenvalue weighted by atomic mass is 32.1. The number of hydrazine groups is 1. The number of amides is 1. The molecule has 1 fully saturated rings.